The molecule has 26 heavy (non-hydrogen) atoms. The maximum absolute atomic E-state index is 12.4. The van der Waals surface area contributed by atoms with E-state index >= 15 is 0 Å². The number of hydrogen-bond donors (Lipinski definition) is 2. The summed E-state index contributed by atoms with van der Waals surface area (Å²) < 4.78 is 0. The Bertz CT molecular complexity index is 862. The Hall–Kier alpha value is -2.99. The first kappa shape index (κ1) is 17.8. The lowest BCUT2D eigenvalue weighted by atomic mass is 9.94. The maximum Gasteiger partial charge on any atom is 0.261 e. The van der Waals surface area contributed by atoms with Gasteiger partial charge in [0.25, 0.3) is 11.8 Å². The molecule has 3 rings (SSSR count). The van der Waals surface area contributed by atoms with Gasteiger partial charge in [0, 0.05) is 18.2 Å². The van der Waals surface area contributed by atoms with E-state index in [1.165, 1.54) is 4.90 Å². The van der Waals surface area contributed by atoms with Crippen molar-refractivity contribution in [1.29, 1.82) is 0 Å². The molecule has 0 saturated heterocycles. The van der Waals surface area contributed by atoms with Crippen molar-refractivity contribution in [2.45, 2.75) is 26.3 Å². The molecule has 3 amide bonds. The molecule has 0 aromatic heterocycles. The quantitative estimate of drug-likeness (QED) is 0.797. The molecule has 2 aromatic carbocycles. The van der Waals surface area contributed by atoms with Crippen molar-refractivity contribution in [3.63, 3.8) is 0 Å². The van der Waals surface area contributed by atoms with Gasteiger partial charge in [-0.15, -0.1) is 0 Å². The second kappa shape index (κ2) is 6.72. The van der Waals surface area contributed by atoms with Crippen LogP contribution in [0.15, 0.2) is 36.4 Å². The second-order valence-corrected chi connectivity index (χ2v) is 6.68. The van der Waals surface area contributed by atoms with Crippen molar-refractivity contribution in [1.82, 2.24) is 4.90 Å². The topological polar surface area (TPSA) is 106 Å². The molecule has 4 N–H and O–H groups in total. The first-order valence-electron chi connectivity index (χ1n) is 8.40. The summed E-state index contributed by atoms with van der Waals surface area (Å²) >= 11 is 0. The molecule has 2 aromatic rings. The SMILES string of the molecule is Cc1cc(C(N)=O)cc(C)c1CC(N)CN1C(=O)c2ccccc2C1=O. The lowest BCUT2D eigenvalue weighted by Gasteiger charge is -2.21. The zero-order chi connectivity index (χ0) is 19.0. The number of rotatable bonds is 5. The fourth-order valence-electron chi connectivity index (χ4n) is 3.42. The van der Waals surface area contributed by atoms with Crippen LogP contribution < -0.4 is 11.5 Å². The standard InChI is InChI=1S/C20H21N3O3/c1-11-7-13(18(22)24)8-12(2)17(11)9-14(21)10-23-19(25)15-5-3-4-6-16(15)20(23)26/h3-8,14H,9-10,21H2,1-2H3,(H2,22,24). The molecule has 6 nitrogen and oxygen atoms in total. The van der Waals surface area contributed by atoms with Crippen LogP contribution in [-0.4, -0.2) is 35.2 Å². The molecular weight excluding hydrogens is 330 g/mol. The predicted octanol–water partition coefficient (Wildman–Crippen LogP) is 1.57. The average molecular weight is 351 g/mol. The van der Waals surface area contributed by atoms with E-state index in [0.29, 0.717) is 23.1 Å². The normalized spacial score (nSPS) is 14.5. The van der Waals surface area contributed by atoms with E-state index in [1.54, 1.807) is 36.4 Å². The fourth-order valence-corrected chi connectivity index (χ4v) is 3.42. The number of benzene rings is 2. The smallest absolute Gasteiger partial charge is 0.261 e. The van der Waals surface area contributed by atoms with Gasteiger partial charge in [0.1, 0.15) is 0 Å². The van der Waals surface area contributed by atoms with Gasteiger partial charge in [-0.25, -0.2) is 0 Å². The largest absolute Gasteiger partial charge is 0.366 e. The van der Waals surface area contributed by atoms with Crippen molar-refractivity contribution in [2.75, 3.05) is 6.54 Å². The van der Waals surface area contributed by atoms with Gasteiger partial charge in [0.15, 0.2) is 0 Å². The molecule has 1 atom stereocenters. The van der Waals surface area contributed by atoms with Crippen LogP contribution in [0.4, 0.5) is 0 Å². The minimum absolute atomic E-state index is 0.142. The number of imide groups is 1. The Morgan fingerprint density at radius 3 is 2.00 bits per heavy atom. The number of primary amides is 1. The Morgan fingerprint density at radius 2 is 1.54 bits per heavy atom. The van der Waals surface area contributed by atoms with E-state index in [9.17, 15) is 14.4 Å². The molecule has 1 aliphatic heterocycles. The Balaban J connectivity index is 1.77. The highest BCUT2D eigenvalue weighted by molar-refractivity contribution is 6.21. The third-order valence-electron chi connectivity index (χ3n) is 4.74. The van der Waals surface area contributed by atoms with Gasteiger partial charge in [-0.2, -0.15) is 0 Å². The van der Waals surface area contributed by atoms with Crippen LogP contribution in [-0.2, 0) is 6.42 Å². The van der Waals surface area contributed by atoms with Crippen LogP contribution in [0.5, 0.6) is 0 Å². The Morgan fingerprint density at radius 1 is 1.04 bits per heavy atom. The van der Waals surface area contributed by atoms with Crippen molar-refractivity contribution in [3.8, 4) is 0 Å². The lowest BCUT2D eigenvalue weighted by molar-refractivity contribution is 0.0644. The van der Waals surface area contributed by atoms with E-state index in [-0.39, 0.29) is 18.4 Å². The third kappa shape index (κ3) is 3.11. The minimum Gasteiger partial charge on any atom is -0.366 e. The molecule has 0 spiro atoms. The van der Waals surface area contributed by atoms with E-state index in [4.69, 9.17) is 11.5 Å². The average Bonchev–Trinajstić information content (AvgIpc) is 2.83. The van der Waals surface area contributed by atoms with Crippen LogP contribution >= 0.6 is 0 Å². The molecule has 1 unspecified atom stereocenters. The number of nitrogens with two attached hydrogens (primary N) is 2. The van der Waals surface area contributed by atoms with E-state index in [0.717, 1.165) is 16.7 Å². The fraction of sp³-hybridized carbons (Fsp3) is 0.250. The van der Waals surface area contributed by atoms with Crippen LogP contribution in [0.2, 0.25) is 0 Å². The van der Waals surface area contributed by atoms with E-state index in [1.807, 2.05) is 13.8 Å². The number of fused-ring (bicyclic) bond motifs is 1. The van der Waals surface area contributed by atoms with Crippen molar-refractivity contribution < 1.29 is 14.4 Å². The van der Waals surface area contributed by atoms with E-state index < -0.39 is 11.9 Å². The summed E-state index contributed by atoms with van der Waals surface area (Å²) in [6.45, 7) is 3.93. The van der Waals surface area contributed by atoms with Crippen LogP contribution in [0.25, 0.3) is 0 Å². The van der Waals surface area contributed by atoms with Gasteiger partial charge in [-0.05, 0) is 61.2 Å². The molecule has 0 fully saturated rings. The Kier molecular flexibility index (Phi) is 4.61. The zero-order valence-corrected chi connectivity index (χ0v) is 14.8. The maximum atomic E-state index is 12.4. The Labute approximate surface area is 151 Å². The summed E-state index contributed by atoms with van der Waals surface area (Å²) in [4.78, 5) is 37.5. The number of hydrogen-bond acceptors (Lipinski definition) is 4. The van der Waals surface area contributed by atoms with E-state index in [2.05, 4.69) is 0 Å². The molecule has 0 radical (unpaired) electrons. The molecule has 134 valence electrons. The lowest BCUT2D eigenvalue weighted by Crippen LogP contribution is -2.42. The second-order valence-electron chi connectivity index (χ2n) is 6.68. The van der Waals surface area contributed by atoms with Crippen molar-refractivity contribution in [3.05, 3.63) is 69.8 Å². The highest BCUT2D eigenvalue weighted by Gasteiger charge is 2.35. The van der Waals surface area contributed by atoms with Gasteiger partial charge >= 0.3 is 0 Å². The minimum atomic E-state index is -0.474. The molecule has 0 saturated carbocycles. The predicted molar refractivity (Wildman–Crippen MR) is 97.9 cm³/mol. The monoisotopic (exact) mass is 351 g/mol. The first-order valence-corrected chi connectivity index (χ1v) is 8.40. The number of amides is 3. The molecule has 0 aliphatic carbocycles. The van der Waals surface area contributed by atoms with Crippen molar-refractivity contribution in [2.24, 2.45) is 11.5 Å². The van der Waals surface area contributed by atoms with Gasteiger partial charge in [0.05, 0.1) is 11.1 Å². The molecule has 1 heterocycles. The summed E-state index contributed by atoms with van der Waals surface area (Å²) in [6, 6.07) is 9.84. The van der Waals surface area contributed by atoms with Crippen LogP contribution in [0, 0.1) is 13.8 Å². The summed E-state index contributed by atoms with van der Waals surface area (Å²) in [6.07, 6.45) is 0.490. The van der Waals surface area contributed by atoms with Gasteiger partial charge in [0.2, 0.25) is 5.91 Å². The molecular formula is C20H21N3O3. The first-order chi connectivity index (χ1) is 12.3. The van der Waals surface area contributed by atoms with Crippen LogP contribution in [0.1, 0.15) is 47.8 Å². The summed E-state index contributed by atoms with van der Waals surface area (Å²) in [5.41, 5.74) is 15.7. The number of carbonyl (C=O) groups excluding carboxylic acids is 3. The third-order valence-corrected chi connectivity index (χ3v) is 4.74. The number of nitrogens with zero attached hydrogens (tertiary/aromatic N) is 1. The van der Waals surface area contributed by atoms with Gasteiger partial charge in [-0.3, -0.25) is 19.3 Å². The summed E-state index contributed by atoms with van der Waals surface area (Å²) in [5.74, 6) is -1.09. The highest BCUT2D eigenvalue weighted by Crippen LogP contribution is 2.23. The number of aryl methyl sites for hydroxylation is 2. The zero-order valence-electron chi connectivity index (χ0n) is 14.8. The summed E-state index contributed by atoms with van der Waals surface area (Å²) in [5, 5.41) is 0. The van der Waals surface area contributed by atoms with Gasteiger partial charge in [-0.1, -0.05) is 12.1 Å². The van der Waals surface area contributed by atoms with Gasteiger partial charge < -0.3 is 11.5 Å². The number of carbonyl (C=O) groups is 3. The van der Waals surface area contributed by atoms with Crippen LogP contribution in [0.3, 0.4) is 0 Å². The highest BCUT2D eigenvalue weighted by atomic mass is 16.2. The summed E-state index contributed by atoms with van der Waals surface area (Å²) in [7, 11) is 0. The molecule has 0 bridgehead atoms. The molecule has 1 aliphatic rings. The van der Waals surface area contributed by atoms with Crippen molar-refractivity contribution >= 4 is 17.7 Å². The molecule has 6 heteroatoms.